The Morgan fingerprint density at radius 3 is 2.92 bits per heavy atom. The number of aromatic amines is 1. The minimum absolute atomic E-state index is 0.237. The molecule has 0 spiro atoms. The fourth-order valence-corrected chi connectivity index (χ4v) is 3.12. The van der Waals surface area contributed by atoms with E-state index in [1.807, 2.05) is 12.1 Å². The minimum atomic E-state index is -4.33. The number of hydrogen-bond donors (Lipinski definition) is 1. The normalized spacial score (nSPS) is 15.0. The molecule has 1 amide bonds. The van der Waals surface area contributed by atoms with Gasteiger partial charge in [-0.25, -0.2) is 15.0 Å². The SMILES string of the molecule is O=C(CCC(F)(F)F)N1CC=C(c2nc[nH]c3cnc4nccc4c23)C1. The largest absolute Gasteiger partial charge is 0.389 e. The molecule has 1 N–H and O–H groups in total. The Morgan fingerprint density at radius 1 is 1.27 bits per heavy atom. The number of nitrogens with one attached hydrogen (secondary N) is 1. The maximum Gasteiger partial charge on any atom is 0.389 e. The van der Waals surface area contributed by atoms with E-state index in [9.17, 15) is 18.0 Å². The molecule has 0 saturated heterocycles. The lowest BCUT2D eigenvalue weighted by atomic mass is 10.1. The molecule has 0 aromatic carbocycles. The molecule has 1 aliphatic heterocycles. The molecule has 134 valence electrons. The van der Waals surface area contributed by atoms with Gasteiger partial charge in [0, 0.05) is 36.5 Å². The van der Waals surface area contributed by atoms with Crippen molar-refractivity contribution in [1.29, 1.82) is 0 Å². The average molecular weight is 361 g/mol. The van der Waals surface area contributed by atoms with Gasteiger partial charge in [-0.15, -0.1) is 0 Å². The van der Waals surface area contributed by atoms with Gasteiger partial charge in [-0.1, -0.05) is 6.08 Å². The highest BCUT2D eigenvalue weighted by Crippen LogP contribution is 2.30. The molecule has 1 aliphatic rings. The standard InChI is InChI=1S/C17H14F3N5O/c18-17(19,20)4-1-13(26)25-6-3-10(8-25)15-14-11-2-5-21-16(11)22-7-12(14)23-9-24-15/h2-3,5,7,9H,1,4,6,8H2,(H,23,24). The summed E-state index contributed by atoms with van der Waals surface area (Å²) in [5.74, 6) is -0.512. The number of fused-ring (bicyclic) bond motifs is 3. The molecule has 0 unspecified atom stereocenters. The Kier molecular flexibility index (Phi) is 3.86. The molecule has 0 bridgehead atoms. The number of hydrogen-bond acceptors (Lipinski definition) is 4. The molecule has 4 rings (SSSR count). The maximum atomic E-state index is 12.3. The number of carbonyl (C=O) groups excluding carboxylic acids is 1. The molecule has 4 heterocycles. The minimum Gasteiger partial charge on any atom is -0.345 e. The van der Waals surface area contributed by atoms with Gasteiger partial charge in [0.1, 0.15) is 0 Å². The van der Waals surface area contributed by atoms with Crippen molar-refractivity contribution in [2.75, 3.05) is 13.1 Å². The third kappa shape index (κ3) is 3.00. The zero-order valence-electron chi connectivity index (χ0n) is 13.5. The van der Waals surface area contributed by atoms with Crippen molar-refractivity contribution in [3.8, 4) is 0 Å². The van der Waals surface area contributed by atoms with Crippen LogP contribution in [0.5, 0.6) is 0 Å². The van der Waals surface area contributed by atoms with Gasteiger partial charge in [-0.2, -0.15) is 13.2 Å². The molecular formula is C17H14F3N5O. The first kappa shape index (κ1) is 16.5. The quantitative estimate of drug-likeness (QED) is 0.778. The van der Waals surface area contributed by atoms with Crippen LogP contribution in [-0.4, -0.2) is 50.0 Å². The molecule has 3 aromatic rings. The molecule has 0 aliphatic carbocycles. The first-order valence-electron chi connectivity index (χ1n) is 8.03. The molecule has 0 radical (unpaired) electrons. The molecule has 0 atom stereocenters. The lowest BCUT2D eigenvalue weighted by Gasteiger charge is -2.17. The predicted molar refractivity (Wildman–Crippen MR) is 89.0 cm³/mol. The summed E-state index contributed by atoms with van der Waals surface area (Å²) in [5, 5.41) is 1.68. The molecule has 0 saturated carbocycles. The summed E-state index contributed by atoms with van der Waals surface area (Å²) in [7, 11) is 0. The number of aromatic nitrogens is 4. The lowest BCUT2D eigenvalue weighted by molar-refractivity contribution is -0.148. The van der Waals surface area contributed by atoms with E-state index in [2.05, 4.69) is 19.9 Å². The average Bonchev–Trinajstić information content (AvgIpc) is 3.27. The second-order valence-electron chi connectivity index (χ2n) is 6.10. The van der Waals surface area contributed by atoms with E-state index in [1.54, 1.807) is 12.4 Å². The smallest absolute Gasteiger partial charge is 0.345 e. The fraction of sp³-hybridized carbons (Fsp3) is 0.294. The zero-order chi connectivity index (χ0) is 18.3. The first-order valence-corrected chi connectivity index (χ1v) is 8.03. The van der Waals surface area contributed by atoms with Crippen molar-refractivity contribution in [3.05, 3.63) is 36.6 Å². The van der Waals surface area contributed by atoms with Gasteiger partial charge in [0.15, 0.2) is 5.65 Å². The summed E-state index contributed by atoms with van der Waals surface area (Å²) < 4.78 is 37.0. The Labute approximate surface area is 145 Å². The van der Waals surface area contributed by atoms with Gasteiger partial charge in [0.05, 0.1) is 30.2 Å². The highest BCUT2D eigenvalue weighted by atomic mass is 19.4. The van der Waals surface area contributed by atoms with E-state index >= 15 is 0 Å². The summed E-state index contributed by atoms with van der Waals surface area (Å²) in [6.45, 7) is 0.516. The van der Waals surface area contributed by atoms with Crippen molar-refractivity contribution >= 4 is 33.4 Å². The number of carbonyl (C=O) groups is 1. The summed E-state index contributed by atoms with van der Waals surface area (Å²) in [5.41, 5.74) is 2.86. The Bertz CT molecular complexity index is 1020. The van der Waals surface area contributed by atoms with E-state index in [0.29, 0.717) is 11.3 Å². The molecule has 26 heavy (non-hydrogen) atoms. The van der Waals surface area contributed by atoms with Crippen molar-refractivity contribution in [2.45, 2.75) is 19.0 Å². The Morgan fingerprint density at radius 2 is 2.12 bits per heavy atom. The highest BCUT2D eigenvalue weighted by molar-refractivity contribution is 6.08. The number of amides is 1. The van der Waals surface area contributed by atoms with Gasteiger partial charge in [0.25, 0.3) is 0 Å². The lowest BCUT2D eigenvalue weighted by Crippen LogP contribution is -2.29. The number of pyridine rings is 1. The summed E-state index contributed by atoms with van der Waals surface area (Å²) in [6.07, 6.45) is 0.711. The van der Waals surface area contributed by atoms with E-state index in [1.165, 1.54) is 11.2 Å². The molecule has 9 heteroatoms. The summed E-state index contributed by atoms with van der Waals surface area (Å²) in [4.78, 5) is 29.3. The van der Waals surface area contributed by atoms with E-state index in [0.717, 1.165) is 21.9 Å². The van der Waals surface area contributed by atoms with Crippen LogP contribution >= 0.6 is 0 Å². The second-order valence-corrected chi connectivity index (χ2v) is 6.10. The number of alkyl halides is 3. The summed E-state index contributed by atoms with van der Waals surface area (Å²) >= 11 is 0. The van der Waals surface area contributed by atoms with Crippen molar-refractivity contribution in [3.63, 3.8) is 0 Å². The van der Waals surface area contributed by atoms with Crippen molar-refractivity contribution in [2.24, 2.45) is 0 Å². The predicted octanol–water partition coefficient (Wildman–Crippen LogP) is 3.07. The number of halogens is 3. The number of H-pyrrole nitrogens is 1. The third-order valence-corrected chi connectivity index (χ3v) is 4.38. The second kappa shape index (κ2) is 6.08. The molecular weight excluding hydrogens is 347 g/mol. The van der Waals surface area contributed by atoms with Gasteiger partial charge < -0.3 is 9.88 Å². The van der Waals surface area contributed by atoms with Crippen LogP contribution in [0, 0.1) is 0 Å². The van der Waals surface area contributed by atoms with Gasteiger partial charge >= 0.3 is 6.18 Å². The number of nitrogens with zero attached hydrogens (tertiary/aromatic N) is 4. The van der Waals surface area contributed by atoms with Crippen LogP contribution in [0.4, 0.5) is 13.2 Å². The number of rotatable bonds is 3. The first-order chi connectivity index (χ1) is 12.4. The summed E-state index contributed by atoms with van der Waals surface area (Å²) in [6, 6.07) is 1.84. The topological polar surface area (TPSA) is 74.8 Å². The van der Waals surface area contributed by atoms with Gasteiger partial charge in [-0.05, 0) is 11.6 Å². The van der Waals surface area contributed by atoms with Gasteiger partial charge in [-0.3, -0.25) is 4.79 Å². The Balaban J connectivity index is 1.61. The molecule has 6 nitrogen and oxygen atoms in total. The van der Waals surface area contributed by atoms with Crippen LogP contribution in [0.15, 0.2) is 30.9 Å². The van der Waals surface area contributed by atoms with Crippen LogP contribution in [0.3, 0.4) is 0 Å². The van der Waals surface area contributed by atoms with E-state index in [4.69, 9.17) is 0 Å². The maximum absolute atomic E-state index is 12.3. The van der Waals surface area contributed by atoms with Crippen molar-refractivity contribution < 1.29 is 18.0 Å². The highest BCUT2D eigenvalue weighted by Gasteiger charge is 2.30. The molecule has 0 fully saturated rings. The van der Waals surface area contributed by atoms with E-state index in [-0.39, 0.29) is 13.1 Å². The van der Waals surface area contributed by atoms with Gasteiger partial charge in [0.2, 0.25) is 5.91 Å². The molecule has 3 aromatic heterocycles. The van der Waals surface area contributed by atoms with Crippen LogP contribution in [0.2, 0.25) is 0 Å². The fourth-order valence-electron chi connectivity index (χ4n) is 3.12. The Hall–Kier alpha value is -2.97. The zero-order valence-corrected chi connectivity index (χ0v) is 13.5. The van der Waals surface area contributed by atoms with Crippen LogP contribution < -0.4 is 0 Å². The van der Waals surface area contributed by atoms with Crippen LogP contribution in [0.1, 0.15) is 18.5 Å². The van der Waals surface area contributed by atoms with Crippen LogP contribution in [-0.2, 0) is 4.79 Å². The van der Waals surface area contributed by atoms with Crippen molar-refractivity contribution in [1.82, 2.24) is 24.8 Å². The monoisotopic (exact) mass is 361 g/mol. The third-order valence-electron chi connectivity index (χ3n) is 4.38. The van der Waals surface area contributed by atoms with E-state index < -0.39 is 24.9 Å². The van der Waals surface area contributed by atoms with Crippen LogP contribution in [0.25, 0.3) is 27.5 Å².